The van der Waals surface area contributed by atoms with Crippen molar-refractivity contribution in [1.29, 1.82) is 0 Å². The average molecular weight is 327 g/mol. The number of fused-ring (bicyclic) bond motifs is 1. The van der Waals surface area contributed by atoms with Gasteiger partial charge >= 0.3 is 0 Å². The van der Waals surface area contributed by atoms with Gasteiger partial charge in [0.05, 0.1) is 18.2 Å². The van der Waals surface area contributed by atoms with Crippen molar-refractivity contribution in [3.63, 3.8) is 0 Å². The second-order valence-electron chi connectivity index (χ2n) is 6.23. The molecule has 6 heteroatoms. The molecule has 6 nitrogen and oxygen atoms in total. The van der Waals surface area contributed by atoms with Crippen molar-refractivity contribution in [2.24, 2.45) is 0 Å². The maximum Gasteiger partial charge on any atom is 0.225 e. The summed E-state index contributed by atoms with van der Waals surface area (Å²) in [5.41, 5.74) is 4.59. The molecular weight excluding hydrogens is 306 g/mol. The van der Waals surface area contributed by atoms with E-state index in [1.54, 1.807) is 0 Å². The number of rotatable bonds is 4. The summed E-state index contributed by atoms with van der Waals surface area (Å²) in [4.78, 5) is 23.7. The summed E-state index contributed by atoms with van der Waals surface area (Å²) in [6.45, 7) is 5.60. The Labute approximate surface area is 140 Å². The monoisotopic (exact) mass is 327 g/mol. The van der Waals surface area contributed by atoms with Crippen LogP contribution in [-0.4, -0.2) is 17.0 Å². The van der Waals surface area contributed by atoms with Crippen molar-refractivity contribution >= 4 is 17.5 Å². The van der Waals surface area contributed by atoms with Crippen LogP contribution >= 0.6 is 0 Å². The van der Waals surface area contributed by atoms with Crippen molar-refractivity contribution in [1.82, 2.24) is 10.5 Å². The topological polar surface area (TPSA) is 84.2 Å². The number of nitrogens with one attached hydrogen (secondary N) is 2. The second kappa shape index (κ2) is 6.47. The predicted molar refractivity (Wildman–Crippen MR) is 89.6 cm³/mol. The molecule has 0 bridgehead atoms. The standard InChI is InChI=1S/C18H21N3O3/c1-10(19-18(23)9-15-11(2)21-24-12(15)3)13-4-6-16-14(8-13)5-7-17(22)20-16/h4,6,8,10H,5,7,9H2,1-3H3,(H,19,23)(H,20,22). The molecule has 2 N–H and O–H groups in total. The quantitative estimate of drug-likeness (QED) is 0.904. The highest BCUT2D eigenvalue weighted by Crippen LogP contribution is 2.26. The van der Waals surface area contributed by atoms with Gasteiger partial charge in [-0.05, 0) is 44.4 Å². The van der Waals surface area contributed by atoms with Gasteiger partial charge in [0.25, 0.3) is 0 Å². The van der Waals surface area contributed by atoms with E-state index in [0.717, 1.165) is 34.5 Å². The van der Waals surface area contributed by atoms with E-state index in [-0.39, 0.29) is 24.3 Å². The normalized spacial score (nSPS) is 14.7. The fourth-order valence-electron chi connectivity index (χ4n) is 2.96. The number of hydrogen-bond donors (Lipinski definition) is 2. The molecule has 2 aromatic rings. The van der Waals surface area contributed by atoms with E-state index in [4.69, 9.17) is 4.52 Å². The van der Waals surface area contributed by atoms with E-state index in [1.807, 2.05) is 32.9 Å². The number of nitrogens with zero attached hydrogens (tertiary/aromatic N) is 1. The van der Waals surface area contributed by atoms with Crippen molar-refractivity contribution in [3.05, 3.63) is 46.3 Å². The second-order valence-corrected chi connectivity index (χ2v) is 6.23. The summed E-state index contributed by atoms with van der Waals surface area (Å²) in [6, 6.07) is 5.78. The SMILES string of the molecule is Cc1noc(C)c1CC(=O)NC(C)c1ccc2c(c1)CCC(=O)N2. The maximum absolute atomic E-state index is 12.3. The van der Waals surface area contributed by atoms with Gasteiger partial charge in [-0.1, -0.05) is 17.3 Å². The van der Waals surface area contributed by atoms with Crippen molar-refractivity contribution in [2.45, 2.75) is 46.1 Å². The van der Waals surface area contributed by atoms with Crippen LogP contribution in [0.25, 0.3) is 0 Å². The summed E-state index contributed by atoms with van der Waals surface area (Å²) >= 11 is 0. The van der Waals surface area contributed by atoms with Gasteiger partial charge in [-0.3, -0.25) is 9.59 Å². The van der Waals surface area contributed by atoms with Crippen molar-refractivity contribution in [3.8, 4) is 0 Å². The molecule has 2 heterocycles. The molecule has 2 amide bonds. The molecule has 0 saturated carbocycles. The number of benzene rings is 1. The molecule has 0 saturated heterocycles. The molecule has 0 aliphatic carbocycles. The Morgan fingerprint density at radius 1 is 1.38 bits per heavy atom. The van der Waals surface area contributed by atoms with Crippen LogP contribution in [0.2, 0.25) is 0 Å². The van der Waals surface area contributed by atoms with Crippen LogP contribution in [0, 0.1) is 13.8 Å². The number of hydrogen-bond acceptors (Lipinski definition) is 4. The average Bonchev–Trinajstić information content (AvgIpc) is 2.86. The molecule has 1 aliphatic heterocycles. The van der Waals surface area contributed by atoms with Crippen LogP contribution in [0.5, 0.6) is 0 Å². The van der Waals surface area contributed by atoms with Gasteiger partial charge in [0.2, 0.25) is 11.8 Å². The van der Waals surface area contributed by atoms with E-state index < -0.39 is 0 Å². The lowest BCUT2D eigenvalue weighted by molar-refractivity contribution is -0.121. The van der Waals surface area contributed by atoms with Gasteiger partial charge in [0, 0.05) is 17.7 Å². The van der Waals surface area contributed by atoms with Crippen LogP contribution in [0.3, 0.4) is 0 Å². The summed E-state index contributed by atoms with van der Waals surface area (Å²) in [6.07, 6.45) is 1.49. The third-order valence-electron chi connectivity index (χ3n) is 4.42. The van der Waals surface area contributed by atoms with E-state index in [1.165, 1.54) is 0 Å². The minimum atomic E-state index is -0.110. The lowest BCUT2D eigenvalue weighted by Gasteiger charge is -2.20. The molecule has 1 aliphatic rings. The molecule has 0 radical (unpaired) electrons. The maximum atomic E-state index is 12.3. The molecular formula is C18H21N3O3. The molecule has 0 spiro atoms. The highest BCUT2D eigenvalue weighted by atomic mass is 16.5. The Morgan fingerprint density at radius 2 is 2.17 bits per heavy atom. The van der Waals surface area contributed by atoms with Crippen LogP contribution in [-0.2, 0) is 22.4 Å². The highest BCUT2D eigenvalue weighted by molar-refractivity contribution is 5.93. The summed E-state index contributed by atoms with van der Waals surface area (Å²) < 4.78 is 5.09. The number of carbonyl (C=O) groups excluding carboxylic acids is 2. The Balaban J connectivity index is 1.67. The third-order valence-corrected chi connectivity index (χ3v) is 4.42. The smallest absolute Gasteiger partial charge is 0.225 e. The van der Waals surface area contributed by atoms with Crippen LogP contribution in [0.1, 0.15) is 47.5 Å². The first-order valence-corrected chi connectivity index (χ1v) is 8.08. The summed E-state index contributed by atoms with van der Waals surface area (Å²) in [7, 11) is 0. The molecule has 24 heavy (non-hydrogen) atoms. The van der Waals surface area contributed by atoms with Crippen molar-refractivity contribution < 1.29 is 14.1 Å². The van der Waals surface area contributed by atoms with Gasteiger partial charge < -0.3 is 15.2 Å². The fourth-order valence-corrected chi connectivity index (χ4v) is 2.96. The van der Waals surface area contributed by atoms with Gasteiger partial charge in [0.15, 0.2) is 0 Å². The summed E-state index contributed by atoms with van der Waals surface area (Å²) in [5.74, 6) is 0.666. The van der Waals surface area contributed by atoms with E-state index in [0.29, 0.717) is 12.2 Å². The Bertz CT molecular complexity index is 775. The molecule has 1 aromatic carbocycles. The first-order chi connectivity index (χ1) is 11.4. The number of carbonyl (C=O) groups is 2. The first-order valence-electron chi connectivity index (χ1n) is 8.08. The molecule has 1 aromatic heterocycles. The molecule has 126 valence electrons. The predicted octanol–water partition coefficient (Wildman–Crippen LogP) is 2.60. The van der Waals surface area contributed by atoms with Crippen LogP contribution < -0.4 is 10.6 Å². The Hall–Kier alpha value is -2.63. The first kappa shape index (κ1) is 16.2. The molecule has 1 unspecified atom stereocenters. The lowest BCUT2D eigenvalue weighted by Crippen LogP contribution is -2.28. The van der Waals surface area contributed by atoms with Crippen LogP contribution in [0.15, 0.2) is 22.7 Å². The van der Waals surface area contributed by atoms with E-state index >= 15 is 0 Å². The highest BCUT2D eigenvalue weighted by Gasteiger charge is 2.18. The van der Waals surface area contributed by atoms with E-state index in [2.05, 4.69) is 21.9 Å². The Morgan fingerprint density at radius 3 is 2.88 bits per heavy atom. The zero-order valence-corrected chi connectivity index (χ0v) is 14.1. The van der Waals surface area contributed by atoms with E-state index in [9.17, 15) is 9.59 Å². The van der Waals surface area contributed by atoms with Crippen molar-refractivity contribution in [2.75, 3.05) is 5.32 Å². The third kappa shape index (κ3) is 3.32. The zero-order chi connectivity index (χ0) is 17.3. The van der Waals surface area contributed by atoms with Crippen LogP contribution in [0.4, 0.5) is 5.69 Å². The van der Waals surface area contributed by atoms with Gasteiger partial charge in [-0.15, -0.1) is 0 Å². The Kier molecular flexibility index (Phi) is 4.38. The number of amides is 2. The molecule has 1 atom stereocenters. The fraction of sp³-hybridized carbons (Fsp3) is 0.389. The number of aromatic nitrogens is 1. The zero-order valence-electron chi connectivity index (χ0n) is 14.1. The summed E-state index contributed by atoms with van der Waals surface area (Å²) in [5, 5.41) is 9.75. The largest absolute Gasteiger partial charge is 0.361 e. The minimum Gasteiger partial charge on any atom is -0.361 e. The minimum absolute atomic E-state index is 0.0519. The number of aryl methyl sites for hydroxylation is 3. The number of anilines is 1. The van der Waals surface area contributed by atoms with Gasteiger partial charge in [-0.2, -0.15) is 0 Å². The van der Waals surface area contributed by atoms with Gasteiger partial charge in [0.1, 0.15) is 5.76 Å². The molecule has 0 fully saturated rings. The molecule has 3 rings (SSSR count). The van der Waals surface area contributed by atoms with Gasteiger partial charge in [-0.25, -0.2) is 0 Å². The lowest BCUT2D eigenvalue weighted by atomic mass is 9.97.